The summed E-state index contributed by atoms with van der Waals surface area (Å²) >= 11 is 1.50. The number of pyridine rings is 1. The molecule has 0 amide bonds. The van der Waals surface area contributed by atoms with Gasteiger partial charge in [-0.2, -0.15) is 0 Å². The highest BCUT2D eigenvalue weighted by atomic mass is 32.2. The van der Waals surface area contributed by atoms with Crippen molar-refractivity contribution in [1.82, 2.24) is 4.98 Å². The third kappa shape index (κ3) is 3.49. The number of aromatic nitrogens is 1. The number of hydrogen-bond donors (Lipinski definition) is 1. The minimum Gasteiger partial charge on any atom is -0.396 e. The van der Waals surface area contributed by atoms with Crippen LogP contribution in [0.5, 0.6) is 0 Å². The van der Waals surface area contributed by atoms with Gasteiger partial charge in [-0.1, -0.05) is 0 Å². The molecule has 0 aromatic carbocycles. The van der Waals surface area contributed by atoms with Crippen molar-refractivity contribution in [2.24, 2.45) is 0 Å². The second-order valence-electron chi connectivity index (χ2n) is 3.00. The molecule has 82 valence electrons. The standard InChI is InChI=1S/C9H12N2O3S/c1-7-5-8(11(13)14)6-10-9(7)15-4-2-3-12/h5-6,12H,2-4H2,1H3. The Morgan fingerprint density at radius 2 is 2.40 bits per heavy atom. The van der Waals surface area contributed by atoms with Gasteiger partial charge in [-0.3, -0.25) is 10.1 Å². The molecule has 0 saturated heterocycles. The van der Waals surface area contributed by atoms with Gasteiger partial charge in [-0.05, 0) is 18.9 Å². The van der Waals surface area contributed by atoms with E-state index >= 15 is 0 Å². The molecular formula is C9H12N2O3S. The lowest BCUT2D eigenvalue weighted by atomic mass is 10.3. The van der Waals surface area contributed by atoms with E-state index in [0.29, 0.717) is 6.42 Å². The number of thioether (sulfide) groups is 1. The Bertz CT molecular complexity index is 357. The van der Waals surface area contributed by atoms with Crippen LogP contribution in [0.15, 0.2) is 17.3 Å². The maximum atomic E-state index is 10.5. The average molecular weight is 228 g/mol. The lowest BCUT2D eigenvalue weighted by molar-refractivity contribution is -0.385. The Hall–Kier alpha value is -1.14. The summed E-state index contributed by atoms with van der Waals surface area (Å²) in [7, 11) is 0. The van der Waals surface area contributed by atoms with Gasteiger partial charge in [0.2, 0.25) is 0 Å². The van der Waals surface area contributed by atoms with Crippen molar-refractivity contribution in [1.29, 1.82) is 0 Å². The second kappa shape index (κ2) is 5.67. The topological polar surface area (TPSA) is 76.3 Å². The molecule has 0 saturated carbocycles. The van der Waals surface area contributed by atoms with E-state index in [2.05, 4.69) is 4.98 Å². The Labute approximate surface area is 91.7 Å². The zero-order valence-corrected chi connectivity index (χ0v) is 9.16. The number of aliphatic hydroxyl groups excluding tert-OH is 1. The van der Waals surface area contributed by atoms with Gasteiger partial charge in [0.15, 0.2) is 0 Å². The molecule has 1 heterocycles. The van der Waals surface area contributed by atoms with Crippen LogP contribution in [-0.2, 0) is 0 Å². The molecule has 0 atom stereocenters. The predicted octanol–water partition coefficient (Wildman–Crippen LogP) is 1.77. The largest absolute Gasteiger partial charge is 0.396 e. The lowest BCUT2D eigenvalue weighted by Gasteiger charge is -2.02. The van der Waals surface area contributed by atoms with E-state index in [-0.39, 0.29) is 12.3 Å². The van der Waals surface area contributed by atoms with E-state index in [1.54, 1.807) is 6.92 Å². The fraction of sp³-hybridized carbons (Fsp3) is 0.444. The number of hydrogen-bond acceptors (Lipinski definition) is 5. The van der Waals surface area contributed by atoms with Crippen LogP contribution in [0.1, 0.15) is 12.0 Å². The van der Waals surface area contributed by atoms with E-state index in [9.17, 15) is 10.1 Å². The molecule has 0 radical (unpaired) electrons. The molecule has 0 bridgehead atoms. The van der Waals surface area contributed by atoms with Crippen molar-refractivity contribution in [2.75, 3.05) is 12.4 Å². The molecule has 1 aromatic rings. The van der Waals surface area contributed by atoms with Crippen LogP contribution in [0.25, 0.3) is 0 Å². The Morgan fingerprint density at radius 1 is 1.67 bits per heavy atom. The monoisotopic (exact) mass is 228 g/mol. The molecule has 0 fully saturated rings. The van der Waals surface area contributed by atoms with Gasteiger partial charge >= 0.3 is 0 Å². The molecule has 15 heavy (non-hydrogen) atoms. The van der Waals surface area contributed by atoms with E-state index in [1.165, 1.54) is 24.0 Å². The van der Waals surface area contributed by atoms with Crippen molar-refractivity contribution < 1.29 is 10.0 Å². The summed E-state index contributed by atoms with van der Waals surface area (Å²) < 4.78 is 0. The van der Waals surface area contributed by atoms with Crippen LogP contribution in [0.2, 0.25) is 0 Å². The summed E-state index contributed by atoms with van der Waals surface area (Å²) in [5.74, 6) is 0.766. The predicted molar refractivity (Wildman–Crippen MR) is 58.1 cm³/mol. The van der Waals surface area contributed by atoms with Crippen LogP contribution in [0, 0.1) is 17.0 Å². The van der Waals surface area contributed by atoms with Crippen molar-refractivity contribution >= 4 is 17.4 Å². The summed E-state index contributed by atoms with van der Waals surface area (Å²) in [6, 6.07) is 1.51. The van der Waals surface area contributed by atoms with E-state index in [4.69, 9.17) is 5.11 Å². The Morgan fingerprint density at radius 3 is 2.93 bits per heavy atom. The van der Waals surface area contributed by atoms with Gasteiger partial charge in [0.25, 0.3) is 5.69 Å². The highest BCUT2D eigenvalue weighted by Gasteiger charge is 2.09. The van der Waals surface area contributed by atoms with Crippen LogP contribution >= 0.6 is 11.8 Å². The van der Waals surface area contributed by atoms with Crippen LogP contribution in [0.4, 0.5) is 5.69 Å². The van der Waals surface area contributed by atoms with Gasteiger partial charge in [0.05, 0.1) is 9.95 Å². The quantitative estimate of drug-likeness (QED) is 0.360. The fourth-order valence-corrected chi connectivity index (χ4v) is 1.91. The van der Waals surface area contributed by atoms with Crippen molar-refractivity contribution in [2.45, 2.75) is 18.4 Å². The van der Waals surface area contributed by atoms with E-state index in [0.717, 1.165) is 16.3 Å². The zero-order chi connectivity index (χ0) is 11.3. The zero-order valence-electron chi connectivity index (χ0n) is 8.34. The number of rotatable bonds is 5. The van der Waals surface area contributed by atoms with E-state index in [1.807, 2.05) is 0 Å². The smallest absolute Gasteiger partial charge is 0.287 e. The van der Waals surface area contributed by atoms with Gasteiger partial charge in [-0.25, -0.2) is 4.98 Å². The number of nitrogens with zero attached hydrogens (tertiary/aromatic N) is 2. The minimum atomic E-state index is -0.456. The first-order chi connectivity index (χ1) is 7.15. The normalized spacial score (nSPS) is 10.3. The molecule has 1 N–H and O–H groups in total. The van der Waals surface area contributed by atoms with Crippen molar-refractivity contribution in [3.63, 3.8) is 0 Å². The molecule has 0 aliphatic rings. The fourth-order valence-electron chi connectivity index (χ4n) is 1.03. The number of aryl methyl sites for hydroxylation is 1. The summed E-state index contributed by atoms with van der Waals surface area (Å²) in [5.41, 5.74) is 0.811. The van der Waals surface area contributed by atoms with Crippen molar-refractivity contribution in [3.05, 3.63) is 27.9 Å². The Kier molecular flexibility index (Phi) is 4.51. The minimum absolute atomic E-state index is 0.0130. The number of aliphatic hydroxyl groups is 1. The first-order valence-electron chi connectivity index (χ1n) is 4.50. The maximum Gasteiger partial charge on any atom is 0.287 e. The summed E-state index contributed by atoms with van der Waals surface area (Å²) in [6.45, 7) is 1.94. The third-order valence-corrected chi connectivity index (χ3v) is 2.96. The van der Waals surface area contributed by atoms with Gasteiger partial charge < -0.3 is 5.11 Å². The summed E-state index contributed by atoms with van der Waals surface area (Å²) in [5, 5.41) is 19.8. The number of nitro groups is 1. The molecule has 1 rings (SSSR count). The average Bonchev–Trinajstić information content (AvgIpc) is 2.20. The molecule has 0 unspecified atom stereocenters. The van der Waals surface area contributed by atoms with E-state index < -0.39 is 4.92 Å². The third-order valence-electron chi connectivity index (χ3n) is 1.77. The van der Waals surface area contributed by atoms with Gasteiger partial charge in [0, 0.05) is 18.4 Å². The highest BCUT2D eigenvalue weighted by Crippen LogP contribution is 2.23. The SMILES string of the molecule is Cc1cc([N+](=O)[O-])cnc1SCCCO. The molecule has 1 aromatic heterocycles. The summed E-state index contributed by atoms with van der Waals surface area (Å²) in [6.07, 6.45) is 1.96. The van der Waals surface area contributed by atoms with Gasteiger partial charge in [-0.15, -0.1) is 11.8 Å². The summed E-state index contributed by atoms with van der Waals surface area (Å²) in [4.78, 5) is 14.0. The van der Waals surface area contributed by atoms with Crippen LogP contribution in [-0.4, -0.2) is 27.4 Å². The molecule has 0 aliphatic carbocycles. The highest BCUT2D eigenvalue weighted by molar-refractivity contribution is 7.99. The first kappa shape index (κ1) is 11.9. The first-order valence-corrected chi connectivity index (χ1v) is 5.48. The second-order valence-corrected chi connectivity index (χ2v) is 4.08. The molecule has 0 spiro atoms. The lowest BCUT2D eigenvalue weighted by Crippen LogP contribution is -1.94. The van der Waals surface area contributed by atoms with Crippen LogP contribution < -0.4 is 0 Å². The molecule has 5 nitrogen and oxygen atoms in total. The molecular weight excluding hydrogens is 216 g/mol. The van der Waals surface area contributed by atoms with Gasteiger partial charge in [0.1, 0.15) is 6.20 Å². The Balaban J connectivity index is 2.70. The van der Waals surface area contributed by atoms with Crippen molar-refractivity contribution in [3.8, 4) is 0 Å². The van der Waals surface area contributed by atoms with Crippen LogP contribution in [0.3, 0.4) is 0 Å². The molecule has 6 heteroatoms. The maximum absolute atomic E-state index is 10.5. The molecule has 0 aliphatic heterocycles.